The van der Waals surface area contributed by atoms with Crippen molar-refractivity contribution in [2.75, 3.05) is 43.5 Å². The number of benzene rings is 2. The van der Waals surface area contributed by atoms with Crippen LogP contribution < -0.4 is 10.2 Å². The summed E-state index contributed by atoms with van der Waals surface area (Å²) < 4.78 is 10.1. The number of hydrogen-bond acceptors (Lipinski definition) is 7. The number of urea groups is 1. The number of rotatable bonds is 5. The molecule has 1 aromatic heterocycles. The summed E-state index contributed by atoms with van der Waals surface area (Å²) >= 11 is 0. The summed E-state index contributed by atoms with van der Waals surface area (Å²) in [5.41, 5.74) is 2.74. The van der Waals surface area contributed by atoms with Crippen molar-refractivity contribution in [2.24, 2.45) is 0 Å². The van der Waals surface area contributed by atoms with Gasteiger partial charge in [-0.05, 0) is 36.4 Å². The van der Waals surface area contributed by atoms with E-state index in [2.05, 4.69) is 20.4 Å². The Hall–Kier alpha value is -3.88. The highest BCUT2D eigenvalue weighted by molar-refractivity contribution is 6.00. The fourth-order valence-corrected chi connectivity index (χ4v) is 3.65. The van der Waals surface area contributed by atoms with Gasteiger partial charge in [0.25, 0.3) is 0 Å². The summed E-state index contributed by atoms with van der Waals surface area (Å²) in [6, 6.07) is 14.6. The van der Waals surface area contributed by atoms with E-state index in [0.717, 1.165) is 11.3 Å². The van der Waals surface area contributed by atoms with Gasteiger partial charge < -0.3 is 24.4 Å². The molecule has 0 radical (unpaired) electrons. The number of carbonyl (C=O) groups is 2. The number of nitrogens with zero attached hydrogens (tertiary/aromatic N) is 4. The van der Waals surface area contributed by atoms with Crippen LogP contribution in [0.2, 0.25) is 0 Å². The monoisotopic (exact) mass is 449 g/mol. The molecule has 0 unspecified atom stereocenters. The largest absolute Gasteiger partial charge is 0.465 e. The Labute approximate surface area is 192 Å². The number of amides is 2. The lowest BCUT2D eigenvalue weighted by Gasteiger charge is -2.36. The maximum absolute atomic E-state index is 12.7. The number of hydrogen-bond donors (Lipinski definition) is 1. The van der Waals surface area contributed by atoms with Gasteiger partial charge in [-0.3, -0.25) is 0 Å². The molecule has 2 heterocycles. The number of nitrogens with one attached hydrogen (secondary N) is 1. The van der Waals surface area contributed by atoms with Crippen molar-refractivity contribution in [3.63, 3.8) is 0 Å². The van der Waals surface area contributed by atoms with E-state index in [-0.39, 0.29) is 11.9 Å². The fourth-order valence-electron chi connectivity index (χ4n) is 3.65. The zero-order valence-electron chi connectivity index (χ0n) is 18.9. The molecule has 9 nitrogen and oxygen atoms in total. The molecule has 0 saturated carbocycles. The SMILES string of the molecule is COC(=O)c1ccccc1NC(=O)N1CCN(c2ccc(-c3noc(C(C)C)n3)cc2)CC1. The van der Waals surface area contributed by atoms with Gasteiger partial charge in [-0.2, -0.15) is 4.98 Å². The summed E-state index contributed by atoms with van der Waals surface area (Å²) in [5.74, 6) is 0.907. The molecule has 9 heteroatoms. The van der Waals surface area contributed by atoms with E-state index in [1.807, 2.05) is 38.1 Å². The summed E-state index contributed by atoms with van der Waals surface area (Å²) in [5, 5.41) is 6.89. The minimum Gasteiger partial charge on any atom is -0.465 e. The van der Waals surface area contributed by atoms with Gasteiger partial charge in [0.1, 0.15) is 0 Å². The third-order valence-corrected chi connectivity index (χ3v) is 5.57. The first kappa shape index (κ1) is 22.3. The predicted molar refractivity (Wildman–Crippen MR) is 124 cm³/mol. The molecule has 2 aromatic carbocycles. The Morgan fingerprint density at radius 3 is 2.36 bits per heavy atom. The molecule has 33 heavy (non-hydrogen) atoms. The number of esters is 1. The number of carbonyl (C=O) groups excluding carboxylic acids is 2. The summed E-state index contributed by atoms with van der Waals surface area (Å²) in [6.07, 6.45) is 0. The third-order valence-electron chi connectivity index (χ3n) is 5.57. The minimum absolute atomic E-state index is 0.188. The fraction of sp³-hybridized carbons (Fsp3) is 0.333. The van der Waals surface area contributed by atoms with Crippen LogP contribution in [0.25, 0.3) is 11.4 Å². The quantitative estimate of drug-likeness (QED) is 0.588. The molecule has 0 atom stereocenters. The van der Waals surface area contributed by atoms with Gasteiger partial charge in [0.05, 0.1) is 18.4 Å². The molecular weight excluding hydrogens is 422 g/mol. The number of para-hydroxylation sites is 1. The maximum Gasteiger partial charge on any atom is 0.339 e. The highest BCUT2D eigenvalue weighted by atomic mass is 16.5. The van der Waals surface area contributed by atoms with Crippen molar-refractivity contribution < 1.29 is 18.8 Å². The average molecular weight is 450 g/mol. The van der Waals surface area contributed by atoms with E-state index in [4.69, 9.17) is 9.26 Å². The molecule has 3 aromatic rings. The van der Waals surface area contributed by atoms with Crippen molar-refractivity contribution in [3.8, 4) is 11.4 Å². The van der Waals surface area contributed by atoms with Crippen molar-refractivity contribution in [1.82, 2.24) is 15.0 Å². The standard InChI is InChI=1S/C24H27N5O4/c1-16(2)22-26-21(27-33-22)17-8-10-18(11-9-17)28-12-14-29(15-13-28)24(31)25-20-7-5-4-6-19(20)23(30)32-3/h4-11,16H,12-15H2,1-3H3,(H,25,31). The molecule has 4 rings (SSSR count). The Morgan fingerprint density at radius 2 is 1.73 bits per heavy atom. The van der Waals surface area contributed by atoms with Crippen LogP contribution in [0.3, 0.4) is 0 Å². The van der Waals surface area contributed by atoms with Gasteiger partial charge in [0.2, 0.25) is 11.7 Å². The lowest BCUT2D eigenvalue weighted by atomic mass is 10.1. The Bertz CT molecular complexity index is 1120. The van der Waals surface area contributed by atoms with Gasteiger partial charge in [-0.1, -0.05) is 31.1 Å². The van der Waals surface area contributed by atoms with Crippen LogP contribution in [0.15, 0.2) is 53.1 Å². The molecule has 172 valence electrons. The number of aromatic nitrogens is 2. The normalized spacial score (nSPS) is 13.8. The van der Waals surface area contributed by atoms with Gasteiger partial charge in [0.15, 0.2) is 0 Å². The topological polar surface area (TPSA) is 101 Å². The van der Waals surface area contributed by atoms with Crippen molar-refractivity contribution in [2.45, 2.75) is 19.8 Å². The Balaban J connectivity index is 1.35. The summed E-state index contributed by atoms with van der Waals surface area (Å²) in [7, 11) is 1.32. The zero-order chi connectivity index (χ0) is 23.4. The van der Waals surface area contributed by atoms with Gasteiger partial charge in [0, 0.05) is 43.3 Å². The summed E-state index contributed by atoms with van der Waals surface area (Å²) in [6.45, 7) is 6.56. The Morgan fingerprint density at radius 1 is 1.03 bits per heavy atom. The van der Waals surface area contributed by atoms with E-state index >= 15 is 0 Å². The first-order valence-electron chi connectivity index (χ1n) is 10.9. The second-order valence-electron chi connectivity index (χ2n) is 8.10. The molecule has 1 fully saturated rings. The lowest BCUT2D eigenvalue weighted by Crippen LogP contribution is -2.50. The molecule has 2 amide bonds. The number of anilines is 2. The van der Waals surface area contributed by atoms with Crippen LogP contribution >= 0.6 is 0 Å². The van der Waals surface area contributed by atoms with Crippen LogP contribution in [0.1, 0.15) is 36.0 Å². The number of piperazine rings is 1. The third kappa shape index (κ3) is 4.97. The minimum atomic E-state index is -0.486. The zero-order valence-corrected chi connectivity index (χ0v) is 18.9. The van der Waals surface area contributed by atoms with Crippen LogP contribution in [-0.2, 0) is 4.74 Å². The predicted octanol–water partition coefficient (Wildman–Crippen LogP) is 4.00. The average Bonchev–Trinajstić information content (AvgIpc) is 3.35. The van der Waals surface area contributed by atoms with E-state index in [1.54, 1.807) is 29.2 Å². The van der Waals surface area contributed by atoms with Crippen molar-refractivity contribution >= 4 is 23.4 Å². The molecule has 0 bridgehead atoms. The van der Waals surface area contributed by atoms with Crippen LogP contribution in [0.4, 0.5) is 16.2 Å². The van der Waals surface area contributed by atoms with Crippen LogP contribution in [0, 0.1) is 0 Å². The Kier molecular flexibility index (Phi) is 6.58. The summed E-state index contributed by atoms with van der Waals surface area (Å²) in [4.78, 5) is 33.1. The van der Waals surface area contributed by atoms with Crippen LogP contribution in [0.5, 0.6) is 0 Å². The van der Waals surface area contributed by atoms with E-state index < -0.39 is 5.97 Å². The van der Waals surface area contributed by atoms with E-state index in [0.29, 0.717) is 49.1 Å². The first-order chi connectivity index (χ1) is 16.0. The second-order valence-corrected chi connectivity index (χ2v) is 8.10. The highest BCUT2D eigenvalue weighted by Crippen LogP contribution is 2.24. The second kappa shape index (κ2) is 9.72. The number of methoxy groups -OCH3 is 1. The molecular formula is C24H27N5O4. The molecule has 1 N–H and O–H groups in total. The van der Waals surface area contributed by atoms with E-state index in [9.17, 15) is 9.59 Å². The van der Waals surface area contributed by atoms with Gasteiger partial charge >= 0.3 is 12.0 Å². The molecule has 1 aliphatic heterocycles. The van der Waals surface area contributed by atoms with Crippen molar-refractivity contribution in [3.05, 3.63) is 60.0 Å². The molecule has 0 spiro atoms. The molecule has 1 aliphatic rings. The highest BCUT2D eigenvalue weighted by Gasteiger charge is 2.23. The molecule has 1 saturated heterocycles. The van der Waals surface area contributed by atoms with Crippen LogP contribution in [-0.4, -0.2) is 60.3 Å². The van der Waals surface area contributed by atoms with Crippen molar-refractivity contribution in [1.29, 1.82) is 0 Å². The lowest BCUT2D eigenvalue weighted by molar-refractivity contribution is 0.0602. The maximum atomic E-state index is 12.7. The smallest absolute Gasteiger partial charge is 0.339 e. The van der Waals surface area contributed by atoms with Gasteiger partial charge in [-0.25, -0.2) is 9.59 Å². The van der Waals surface area contributed by atoms with Gasteiger partial charge in [-0.15, -0.1) is 0 Å². The molecule has 0 aliphatic carbocycles. The van der Waals surface area contributed by atoms with E-state index in [1.165, 1.54) is 7.11 Å². The first-order valence-corrected chi connectivity index (χ1v) is 10.9. The number of ether oxygens (including phenoxy) is 1.